The monoisotopic (exact) mass is 258 g/mol. The molecule has 3 aliphatic carbocycles. The van der Waals surface area contributed by atoms with Crippen molar-refractivity contribution in [2.24, 2.45) is 0 Å². The van der Waals surface area contributed by atoms with Gasteiger partial charge in [-0.15, -0.1) is 0 Å². The highest BCUT2D eigenvalue weighted by Gasteiger charge is 2.26. The van der Waals surface area contributed by atoms with Gasteiger partial charge >= 0.3 is 0 Å². The minimum atomic E-state index is 0.458. The van der Waals surface area contributed by atoms with Crippen LogP contribution in [-0.2, 0) is 4.79 Å². The van der Waals surface area contributed by atoms with Gasteiger partial charge in [0.15, 0.2) is 5.78 Å². The minimum Gasteiger partial charge on any atom is -0.289 e. The van der Waals surface area contributed by atoms with Crippen LogP contribution in [-0.4, -0.2) is 5.78 Å². The van der Waals surface area contributed by atoms with Crippen molar-refractivity contribution >= 4 is 5.78 Å². The van der Waals surface area contributed by atoms with Crippen molar-refractivity contribution < 1.29 is 4.79 Å². The highest BCUT2D eigenvalue weighted by Crippen LogP contribution is 2.37. The van der Waals surface area contributed by atoms with Gasteiger partial charge in [-0.1, -0.05) is 24.0 Å². The molecule has 3 aliphatic rings. The van der Waals surface area contributed by atoms with Gasteiger partial charge in [0.2, 0.25) is 0 Å². The Morgan fingerprint density at radius 1 is 0.474 bits per heavy atom. The zero-order valence-corrected chi connectivity index (χ0v) is 12.1. The van der Waals surface area contributed by atoms with Gasteiger partial charge in [-0.2, -0.15) is 0 Å². The number of rotatable bonds is 0. The fourth-order valence-electron chi connectivity index (χ4n) is 4.09. The van der Waals surface area contributed by atoms with Crippen LogP contribution in [0.2, 0.25) is 0 Å². The van der Waals surface area contributed by atoms with Crippen molar-refractivity contribution in [3.63, 3.8) is 0 Å². The van der Waals surface area contributed by atoms with Crippen molar-refractivity contribution in [2.45, 2.75) is 83.5 Å². The molecule has 19 heavy (non-hydrogen) atoms. The third-order valence-electron chi connectivity index (χ3n) is 5.17. The van der Waals surface area contributed by atoms with Crippen LogP contribution in [0.5, 0.6) is 0 Å². The summed E-state index contributed by atoms with van der Waals surface area (Å²) in [6, 6.07) is 0. The van der Waals surface area contributed by atoms with E-state index in [4.69, 9.17) is 0 Å². The second-order valence-electron chi connectivity index (χ2n) is 6.47. The van der Waals surface area contributed by atoms with Crippen LogP contribution < -0.4 is 0 Å². The first-order chi connectivity index (χ1) is 9.36. The second kappa shape index (κ2) is 6.07. The van der Waals surface area contributed by atoms with Gasteiger partial charge in [-0.05, 0) is 81.8 Å². The summed E-state index contributed by atoms with van der Waals surface area (Å²) in [5.74, 6) is 0.458. The minimum absolute atomic E-state index is 0.458. The van der Waals surface area contributed by atoms with E-state index in [9.17, 15) is 4.79 Å². The molecule has 1 heteroatoms. The molecule has 0 heterocycles. The molecule has 0 radical (unpaired) electrons. The summed E-state index contributed by atoms with van der Waals surface area (Å²) in [7, 11) is 0. The molecule has 0 aromatic rings. The Morgan fingerprint density at radius 3 is 1.32 bits per heavy atom. The number of Topliss-reactive ketones (excluding diaryl/α,β-unsaturated/α-hetero) is 1. The number of allylic oxidation sites excluding steroid dienone is 4. The summed E-state index contributed by atoms with van der Waals surface area (Å²) in [6.07, 6.45) is 16.1. The maximum atomic E-state index is 12.8. The molecule has 0 amide bonds. The maximum Gasteiger partial charge on any atom is 0.184 e. The quantitative estimate of drug-likeness (QED) is 0.542. The summed E-state index contributed by atoms with van der Waals surface area (Å²) >= 11 is 0. The summed E-state index contributed by atoms with van der Waals surface area (Å²) in [5.41, 5.74) is 5.51. The zero-order valence-electron chi connectivity index (χ0n) is 12.1. The molecule has 0 unspecified atom stereocenters. The van der Waals surface area contributed by atoms with Gasteiger partial charge in [0, 0.05) is 0 Å². The molecule has 3 rings (SSSR count). The van der Waals surface area contributed by atoms with Crippen LogP contribution in [0.25, 0.3) is 0 Å². The van der Waals surface area contributed by atoms with E-state index >= 15 is 0 Å². The normalized spacial score (nSPS) is 26.0. The lowest BCUT2D eigenvalue weighted by atomic mass is 9.78. The first-order valence-electron chi connectivity index (χ1n) is 8.33. The number of carbonyl (C=O) groups is 1. The largest absolute Gasteiger partial charge is 0.289 e. The highest BCUT2D eigenvalue weighted by molar-refractivity contribution is 6.10. The van der Waals surface area contributed by atoms with E-state index < -0.39 is 0 Å². The van der Waals surface area contributed by atoms with Crippen LogP contribution >= 0.6 is 0 Å². The predicted octanol–water partition coefficient (Wildman–Crippen LogP) is 5.26. The average Bonchev–Trinajstić information content (AvgIpc) is 2.49. The lowest BCUT2D eigenvalue weighted by Crippen LogP contribution is -2.18. The van der Waals surface area contributed by atoms with E-state index in [0.717, 1.165) is 12.8 Å². The SMILES string of the molecule is O=C1C(=C2CCCCC2)CCCC1=C1CCCCC1. The number of hydrogen-bond acceptors (Lipinski definition) is 1. The topological polar surface area (TPSA) is 17.1 Å². The first kappa shape index (κ1) is 13.1. The maximum absolute atomic E-state index is 12.8. The molecule has 0 spiro atoms. The molecular weight excluding hydrogens is 232 g/mol. The molecule has 0 aromatic carbocycles. The lowest BCUT2D eigenvalue weighted by Gasteiger charge is -2.26. The molecule has 0 saturated heterocycles. The number of hydrogen-bond donors (Lipinski definition) is 0. The zero-order chi connectivity index (χ0) is 13.1. The Hall–Kier alpha value is -0.850. The molecule has 104 valence electrons. The second-order valence-corrected chi connectivity index (χ2v) is 6.47. The van der Waals surface area contributed by atoms with Gasteiger partial charge in [-0.3, -0.25) is 4.79 Å². The van der Waals surface area contributed by atoms with Crippen molar-refractivity contribution in [3.8, 4) is 0 Å². The van der Waals surface area contributed by atoms with E-state index in [1.807, 2.05) is 0 Å². The van der Waals surface area contributed by atoms with Crippen LogP contribution in [0.4, 0.5) is 0 Å². The van der Waals surface area contributed by atoms with Gasteiger partial charge < -0.3 is 0 Å². The predicted molar refractivity (Wildman–Crippen MR) is 79.1 cm³/mol. The number of carbonyl (C=O) groups excluding carboxylic acids is 1. The highest BCUT2D eigenvalue weighted by atomic mass is 16.1. The molecule has 3 saturated carbocycles. The Balaban J connectivity index is 1.86. The van der Waals surface area contributed by atoms with Gasteiger partial charge in [0.1, 0.15) is 0 Å². The molecule has 0 aliphatic heterocycles. The fourth-order valence-corrected chi connectivity index (χ4v) is 4.09. The van der Waals surface area contributed by atoms with Gasteiger partial charge in [0.25, 0.3) is 0 Å². The van der Waals surface area contributed by atoms with Gasteiger partial charge in [0.05, 0.1) is 0 Å². The summed E-state index contributed by atoms with van der Waals surface area (Å²) in [5, 5.41) is 0. The molecule has 0 aromatic heterocycles. The van der Waals surface area contributed by atoms with E-state index in [-0.39, 0.29) is 0 Å². The molecule has 0 N–H and O–H groups in total. The van der Waals surface area contributed by atoms with Crippen molar-refractivity contribution in [1.82, 2.24) is 0 Å². The Morgan fingerprint density at radius 2 is 0.895 bits per heavy atom. The van der Waals surface area contributed by atoms with Crippen molar-refractivity contribution in [3.05, 3.63) is 22.3 Å². The van der Waals surface area contributed by atoms with E-state index in [1.54, 1.807) is 0 Å². The molecule has 3 fully saturated rings. The molecule has 1 nitrogen and oxygen atoms in total. The van der Waals surface area contributed by atoms with Crippen LogP contribution in [0.15, 0.2) is 22.3 Å². The van der Waals surface area contributed by atoms with E-state index in [0.29, 0.717) is 5.78 Å². The summed E-state index contributed by atoms with van der Waals surface area (Å²) in [6.45, 7) is 0. The molecular formula is C18H26O. The van der Waals surface area contributed by atoms with Crippen molar-refractivity contribution in [1.29, 1.82) is 0 Å². The Kier molecular flexibility index (Phi) is 4.20. The standard InChI is InChI=1S/C18H26O/c19-18-16(14-8-3-1-4-9-14)12-7-13-17(18)15-10-5-2-6-11-15/h1-13H2. The van der Waals surface area contributed by atoms with E-state index in [2.05, 4.69) is 0 Å². The smallest absolute Gasteiger partial charge is 0.184 e. The molecule has 0 bridgehead atoms. The first-order valence-corrected chi connectivity index (χ1v) is 8.33. The number of ketones is 1. The fraction of sp³-hybridized carbons (Fsp3) is 0.722. The van der Waals surface area contributed by atoms with E-state index in [1.165, 1.54) is 92.9 Å². The van der Waals surface area contributed by atoms with Crippen molar-refractivity contribution in [2.75, 3.05) is 0 Å². The Bertz CT molecular complexity index is 371. The lowest BCUT2D eigenvalue weighted by molar-refractivity contribution is -0.113. The summed E-state index contributed by atoms with van der Waals surface area (Å²) in [4.78, 5) is 12.8. The van der Waals surface area contributed by atoms with Crippen LogP contribution in [0.1, 0.15) is 83.5 Å². The molecule has 0 atom stereocenters. The third kappa shape index (κ3) is 2.85. The third-order valence-corrected chi connectivity index (χ3v) is 5.17. The summed E-state index contributed by atoms with van der Waals surface area (Å²) < 4.78 is 0. The van der Waals surface area contributed by atoms with Gasteiger partial charge in [-0.25, -0.2) is 0 Å². The van der Waals surface area contributed by atoms with Crippen LogP contribution in [0.3, 0.4) is 0 Å². The van der Waals surface area contributed by atoms with Crippen LogP contribution in [0, 0.1) is 0 Å². The Labute approximate surface area is 117 Å². The average molecular weight is 258 g/mol.